The van der Waals surface area contributed by atoms with Crippen molar-refractivity contribution in [2.75, 3.05) is 0 Å². The molecule has 0 radical (unpaired) electrons. The van der Waals surface area contributed by atoms with Gasteiger partial charge in [-0.2, -0.15) is 0 Å². The van der Waals surface area contributed by atoms with Gasteiger partial charge in [0.15, 0.2) is 0 Å². The van der Waals surface area contributed by atoms with Crippen LogP contribution in [0.4, 0.5) is 0 Å². The highest BCUT2D eigenvalue weighted by atomic mass is 35.5. The minimum atomic E-state index is 0.482. The lowest BCUT2D eigenvalue weighted by Crippen LogP contribution is -1.92. The molecule has 0 fully saturated rings. The van der Waals surface area contributed by atoms with Crippen molar-refractivity contribution in [3.05, 3.63) is 52.8 Å². The molecule has 0 atom stereocenters. The summed E-state index contributed by atoms with van der Waals surface area (Å²) in [5.74, 6) is 2.05. The molecular formula is C15H16ClNO. The quantitative estimate of drug-likeness (QED) is 0.729. The fourth-order valence-corrected chi connectivity index (χ4v) is 1.89. The van der Waals surface area contributed by atoms with Crippen molar-refractivity contribution in [3.8, 4) is 11.5 Å². The molecule has 1 heterocycles. The van der Waals surface area contributed by atoms with Crippen LogP contribution >= 0.6 is 11.6 Å². The number of benzene rings is 1. The van der Waals surface area contributed by atoms with Crippen LogP contribution in [-0.2, 0) is 0 Å². The molecule has 0 saturated carbocycles. The van der Waals surface area contributed by atoms with Crippen LogP contribution in [0.3, 0.4) is 0 Å². The van der Waals surface area contributed by atoms with Crippen LogP contribution in [-0.4, -0.2) is 4.98 Å². The van der Waals surface area contributed by atoms with E-state index in [0.29, 0.717) is 11.1 Å². The molecule has 0 aliphatic heterocycles. The van der Waals surface area contributed by atoms with E-state index in [-0.39, 0.29) is 0 Å². The zero-order valence-electron chi connectivity index (χ0n) is 10.8. The summed E-state index contributed by atoms with van der Waals surface area (Å²) in [6, 6.07) is 9.90. The molecule has 2 aromatic rings. The number of aryl methyl sites for hydroxylation is 1. The Labute approximate surface area is 113 Å². The molecule has 3 heteroatoms. The van der Waals surface area contributed by atoms with Crippen LogP contribution in [0, 0.1) is 6.92 Å². The summed E-state index contributed by atoms with van der Waals surface area (Å²) in [4.78, 5) is 4.03. The molecule has 0 bridgehead atoms. The van der Waals surface area contributed by atoms with Crippen molar-refractivity contribution in [1.82, 2.24) is 4.98 Å². The van der Waals surface area contributed by atoms with Gasteiger partial charge >= 0.3 is 0 Å². The number of rotatable bonds is 3. The Morgan fingerprint density at radius 3 is 2.67 bits per heavy atom. The van der Waals surface area contributed by atoms with Gasteiger partial charge in [-0.1, -0.05) is 37.6 Å². The number of halogens is 1. The second-order valence-corrected chi connectivity index (χ2v) is 4.99. The van der Waals surface area contributed by atoms with E-state index in [1.54, 1.807) is 12.3 Å². The van der Waals surface area contributed by atoms with Gasteiger partial charge in [0, 0.05) is 0 Å². The second kappa shape index (κ2) is 5.40. The van der Waals surface area contributed by atoms with Crippen molar-refractivity contribution in [3.63, 3.8) is 0 Å². The normalized spacial score (nSPS) is 10.7. The van der Waals surface area contributed by atoms with Crippen molar-refractivity contribution in [1.29, 1.82) is 0 Å². The summed E-state index contributed by atoms with van der Waals surface area (Å²) in [6.45, 7) is 6.28. The molecule has 0 saturated heterocycles. The van der Waals surface area contributed by atoms with Crippen LogP contribution in [0.1, 0.15) is 30.9 Å². The van der Waals surface area contributed by atoms with E-state index in [0.717, 1.165) is 17.1 Å². The molecule has 1 aromatic heterocycles. The maximum atomic E-state index is 5.83. The molecule has 1 aromatic carbocycles. The summed E-state index contributed by atoms with van der Waals surface area (Å²) in [6.07, 6.45) is 1.65. The highest BCUT2D eigenvalue weighted by Crippen LogP contribution is 2.27. The summed E-state index contributed by atoms with van der Waals surface area (Å²) in [7, 11) is 0. The molecule has 94 valence electrons. The first-order chi connectivity index (χ1) is 8.56. The second-order valence-electron chi connectivity index (χ2n) is 4.60. The van der Waals surface area contributed by atoms with E-state index in [1.165, 1.54) is 5.56 Å². The van der Waals surface area contributed by atoms with E-state index in [2.05, 4.69) is 31.0 Å². The van der Waals surface area contributed by atoms with Crippen molar-refractivity contribution in [2.45, 2.75) is 26.7 Å². The Balaban J connectivity index is 2.25. The zero-order chi connectivity index (χ0) is 13.1. The highest BCUT2D eigenvalue weighted by Gasteiger charge is 2.05. The molecule has 0 N–H and O–H groups in total. The number of pyridine rings is 1. The van der Waals surface area contributed by atoms with Crippen molar-refractivity contribution in [2.24, 2.45) is 0 Å². The first-order valence-electron chi connectivity index (χ1n) is 5.96. The minimum absolute atomic E-state index is 0.482. The molecular weight excluding hydrogens is 246 g/mol. The fraction of sp³-hybridized carbons (Fsp3) is 0.267. The minimum Gasteiger partial charge on any atom is -0.455 e. The molecule has 0 aliphatic rings. The van der Waals surface area contributed by atoms with Gasteiger partial charge < -0.3 is 4.74 Å². The number of hydrogen-bond acceptors (Lipinski definition) is 2. The molecule has 2 nitrogen and oxygen atoms in total. The van der Waals surface area contributed by atoms with Crippen molar-refractivity contribution >= 4 is 11.6 Å². The lowest BCUT2D eigenvalue weighted by atomic mass is 10.0. The average molecular weight is 262 g/mol. The summed E-state index contributed by atoms with van der Waals surface area (Å²) < 4.78 is 5.83. The van der Waals surface area contributed by atoms with E-state index in [9.17, 15) is 0 Å². The van der Waals surface area contributed by atoms with Crippen LogP contribution in [0.15, 0.2) is 36.5 Å². The molecule has 0 aliphatic carbocycles. The van der Waals surface area contributed by atoms with E-state index in [4.69, 9.17) is 16.3 Å². The molecule has 18 heavy (non-hydrogen) atoms. The lowest BCUT2D eigenvalue weighted by Gasteiger charge is -2.11. The van der Waals surface area contributed by atoms with E-state index in [1.807, 2.05) is 19.1 Å². The number of nitrogens with zero attached hydrogens (tertiary/aromatic N) is 1. The van der Waals surface area contributed by atoms with Gasteiger partial charge in [0.05, 0.1) is 6.20 Å². The predicted molar refractivity (Wildman–Crippen MR) is 74.6 cm³/mol. The topological polar surface area (TPSA) is 22.1 Å². The summed E-state index contributed by atoms with van der Waals surface area (Å²) in [5.41, 5.74) is 2.23. The van der Waals surface area contributed by atoms with E-state index < -0.39 is 0 Å². The van der Waals surface area contributed by atoms with Crippen LogP contribution in [0.25, 0.3) is 0 Å². The van der Waals surface area contributed by atoms with E-state index >= 15 is 0 Å². The van der Waals surface area contributed by atoms with Gasteiger partial charge in [-0.3, -0.25) is 0 Å². The van der Waals surface area contributed by atoms with Crippen molar-refractivity contribution < 1.29 is 4.74 Å². The van der Waals surface area contributed by atoms with Crippen LogP contribution < -0.4 is 4.74 Å². The Bertz CT molecular complexity index is 552. The number of ether oxygens (including phenoxy) is 1. The molecule has 0 amide bonds. The standard InChI is InChI=1S/C15H16ClNO/c1-10(2)12-5-4-6-13(8-12)18-14-9-17-15(16)7-11(14)3/h4-10H,1-3H3. The third kappa shape index (κ3) is 3.02. The third-order valence-corrected chi connectivity index (χ3v) is 2.99. The molecule has 0 unspecified atom stereocenters. The Hall–Kier alpha value is -1.54. The Morgan fingerprint density at radius 2 is 2.00 bits per heavy atom. The largest absolute Gasteiger partial charge is 0.455 e. The van der Waals surface area contributed by atoms with Gasteiger partial charge in [0.25, 0.3) is 0 Å². The summed E-state index contributed by atoms with van der Waals surface area (Å²) in [5, 5.41) is 0.482. The van der Waals surface area contributed by atoms with Crippen LogP contribution in [0.2, 0.25) is 5.15 Å². The maximum Gasteiger partial charge on any atom is 0.148 e. The summed E-state index contributed by atoms with van der Waals surface area (Å²) >= 11 is 5.82. The SMILES string of the molecule is Cc1cc(Cl)ncc1Oc1cccc(C(C)C)c1. The molecule has 0 spiro atoms. The Kier molecular flexibility index (Phi) is 3.87. The predicted octanol–water partition coefficient (Wildman–Crippen LogP) is 4.96. The fourth-order valence-electron chi connectivity index (χ4n) is 1.68. The van der Waals surface area contributed by atoms with Crippen LogP contribution in [0.5, 0.6) is 11.5 Å². The van der Waals surface area contributed by atoms with Gasteiger partial charge in [0.1, 0.15) is 16.7 Å². The Morgan fingerprint density at radius 1 is 1.22 bits per heavy atom. The smallest absolute Gasteiger partial charge is 0.148 e. The molecule has 2 rings (SSSR count). The lowest BCUT2D eigenvalue weighted by molar-refractivity contribution is 0.475. The first-order valence-corrected chi connectivity index (χ1v) is 6.34. The third-order valence-electron chi connectivity index (χ3n) is 2.78. The van der Waals surface area contributed by atoms with Gasteiger partial charge in [-0.05, 0) is 42.2 Å². The maximum absolute atomic E-state index is 5.83. The number of hydrogen-bond donors (Lipinski definition) is 0. The monoisotopic (exact) mass is 261 g/mol. The number of aromatic nitrogens is 1. The van der Waals surface area contributed by atoms with Gasteiger partial charge in [0.2, 0.25) is 0 Å². The average Bonchev–Trinajstić information content (AvgIpc) is 2.33. The van der Waals surface area contributed by atoms with Gasteiger partial charge in [-0.25, -0.2) is 4.98 Å². The highest BCUT2D eigenvalue weighted by molar-refractivity contribution is 6.29. The zero-order valence-corrected chi connectivity index (χ0v) is 11.5. The first kappa shape index (κ1) is 12.9. The van der Waals surface area contributed by atoms with Gasteiger partial charge in [-0.15, -0.1) is 0 Å².